The molecule has 3 atom stereocenters. The fraction of sp³-hybridized carbons (Fsp3) is 0.600. The van der Waals surface area contributed by atoms with E-state index in [-0.39, 0.29) is 18.1 Å². The molecule has 0 aromatic heterocycles. The number of aryl methyl sites for hydroxylation is 1. The summed E-state index contributed by atoms with van der Waals surface area (Å²) in [6.07, 6.45) is 1.90. The number of hydrogen-bond acceptors (Lipinski definition) is 3. The van der Waals surface area contributed by atoms with Gasteiger partial charge in [-0.25, -0.2) is 8.42 Å². The highest BCUT2D eigenvalue weighted by Crippen LogP contribution is 2.36. The van der Waals surface area contributed by atoms with Crippen molar-refractivity contribution >= 4 is 10.0 Å². The molecule has 0 amide bonds. The van der Waals surface area contributed by atoms with E-state index in [1.165, 1.54) is 0 Å². The lowest BCUT2D eigenvalue weighted by atomic mass is 9.98. The van der Waals surface area contributed by atoms with Crippen LogP contribution in [0.3, 0.4) is 0 Å². The highest BCUT2D eigenvalue weighted by molar-refractivity contribution is 7.89. The lowest BCUT2D eigenvalue weighted by molar-refractivity contribution is -0.0166. The van der Waals surface area contributed by atoms with Crippen LogP contribution in [0.2, 0.25) is 0 Å². The first-order chi connectivity index (χ1) is 9.50. The van der Waals surface area contributed by atoms with E-state index in [0.717, 1.165) is 25.0 Å². The minimum Gasteiger partial charge on any atom is -0.376 e. The van der Waals surface area contributed by atoms with Gasteiger partial charge in [0.2, 0.25) is 10.0 Å². The molecule has 20 heavy (non-hydrogen) atoms. The molecule has 1 aromatic rings. The Hall–Kier alpha value is -0.910. The third-order valence-electron chi connectivity index (χ3n) is 4.36. The van der Waals surface area contributed by atoms with Crippen molar-refractivity contribution in [2.45, 2.75) is 43.7 Å². The van der Waals surface area contributed by atoms with Crippen LogP contribution >= 0.6 is 0 Å². The number of fused-ring (bicyclic) bond motifs is 1. The Morgan fingerprint density at radius 2 is 1.95 bits per heavy atom. The minimum atomic E-state index is -3.41. The van der Waals surface area contributed by atoms with Gasteiger partial charge in [0.1, 0.15) is 0 Å². The third kappa shape index (κ3) is 2.28. The summed E-state index contributed by atoms with van der Waals surface area (Å²) in [4.78, 5) is 0.390. The summed E-state index contributed by atoms with van der Waals surface area (Å²) in [6.45, 7) is 5.35. The zero-order valence-corrected chi connectivity index (χ0v) is 12.8. The average molecular weight is 295 g/mol. The molecule has 0 radical (unpaired) electrons. The van der Waals surface area contributed by atoms with Gasteiger partial charge in [-0.1, -0.05) is 24.6 Å². The number of rotatable bonds is 2. The van der Waals surface area contributed by atoms with Crippen LogP contribution in [0.4, 0.5) is 0 Å². The van der Waals surface area contributed by atoms with E-state index in [1.54, 1.807) is 16.4 Å². The van der Waals surface area contributed by atoms with Crippen LogP contribution in [0.25, 0.3) is 0 Å². The van der Waals surface area contributed by atoms with Crippen molar-refractivity contribution in [3.05, 3.63) is 29.8 Å². The smallest absolute Gasteiger partial charge is 0.243 e. The van der Waals surface area contributed by atoms with Gasteiger partial charge in [-0.05, 0) is 37.8 Å². The monoisotopic (exact) mass is 295 g/mol. The van der Waals surface area contributed by atoms with Crippen molar-refractivity contribution in [2.24, 2.45) is 5.92 Å². The zero-order valence-electron chi connectivity index (χ0n) is 12.0. The van der Waals surface area contributed by atoms with Crippen LogP contribution in [0.1, 0.15) is 25.3 Å². The molecule has 0 saturated carbocycles. The Balaban J connectivity index is 1.93. The van der Waals surface area contributed by atoms with E-state index in [1.807, 2.05) is 19.1 Å². The van der Waals surface area contributed by atoms with Gasteiger partial charge in [-0.2, -0.15) is 4.31 Å². The number of benzene rings is 1. The van der Waals surface area contributed by atoms with Crippen LogP contribution in [-0.4, -0.2) is 38.0 Å². The molecule has 0 unspecified atom stereocenters. The van der Waals surface area contributed by atoms with E-state index < -0.39 is 10.0 Å². The maximum atomic E-state index is 12.8. The molecule has 5 heteroatoms. The minimum absolute atomic E-state index is 0.00468. The van der Waals surface area contributed by atoms with Gasteiger partial charge < -0.3 is 4.74 Å². The molecule has 0 spiro atoms. The Kier molecular flexibility index (Phi) is 3.60. The number of hydrogen-bond donors (Lipinski definition) is 0. The predicted molar refractivity (Wildman–Crippen MR) is 77.0 cm³/mol. The van der Waals surface area contributed by atoms with Crippen LogP contribution < -0.4 is 0 Å². The average Bonchev–Trinajstić information content (AvgIpc) is 2.78. The first-order valence-corrected chi connectivity index (χ1v) is 8.64. The van der Waals surface area contributed by atoms with Crippen molar-refractivity contribution in [1.29, 1.82) is 0 Å². The summed E-state index contributed by atoms with van der Waals surface area (Å²) in [7, 11) is -3.41. The fourth-order valence-corrected chi connectivity index (χ4v) is 5.05. The molecule has 2 heterocycles. The van der Waals surface area contributed by atoms with Crippen molar-refractivity contribution in [3.63, 3.8) is 0 Å². The molecule has 0 aliphatic carbocycles. The zero-order chi connectivity index (χ0) is 14.3. The predicted octanol–water partition coefficient (Wildman–Crippen LogP) is 2.18. The summed E-state index contributed by atoms with van der Waals surface area (Å²) >= 11 is 0. The van der Waals surface area contributed by atoms with Gasteiger partial charge in [0.15, 0.2) is 0 Å². The second-order valence-electron chi connectivity index (χ2n) is 5.91. The van der Waals surface area contributed by atoms with Crippen LogP contribution in [0.5, 0.6) is 0 Å². The fourth-order valence-electron chi connectivity index (χ4n) is 3.28. The van der Waals surface area contributed by atoms with E-state index in [2.05, 4.69) is 6.92 Å². The molecule has 2 fully saturated rings. The molecule has 2 aliphatic heterocycles. The van der Waals surface area contributed by atoms with Gasteiger partial charge in [-0.3, -0.25) is 0 Å². The van der Waals surface area contributed by atoms with E-state index in [4.69, 9.17) is 4.74 Å². The molecule has 2 saturated heterocycles. The van der Waals surface area contributed by atoms with Crippen molar-refractivity contribution in [1.82, 2.24) is 4.31 Å². The Morgan fingerprint density at radius 3 is 2.65 bits per heavy atom. The highest BCUT2D eigenvalue weighted by Gasteiger charge is 2.47. The van der Waals surface area contributed by atoms with Crippen LogP contribution in [-0.2, 0) is 14.8 Å². The van der Waals surface area contributed by atoms with Gasteiger partial charge in [0, 0.05) is 13.2 Å². The summed E-state index contributed by atoms with van der Waals surface area (Å²) < 4.78 is 33.1. The highest BCUT2D eigenvalue weighted by atomic mass is 32.2. The van der Waals surface area contributed by atoms with Gasteiger partial charge in [-0.15, -0.1) is 0 Å². The molecule has 4 nitrogen and oxygen atoms in total. The largest absolute Gasteiger partial charge is 0.376 e. The molecular formula is C15H21NO3S. The molecule has 3 rings (SSSR count). The Morgan fingerprint density at radius 1 is 1.25 bits per heavy atom. The van der Waals surface area contributed by atoms with E-state index in [9.17, 15) is 8.42 Å². The van der Waals surface area contributed by atoms with E-state index >= 15 is 0 Å². The molecular weight excluding hydrogens is 274 g/mol. The molecule has 2 aliphatic rings. The van der Waals surface area contributed by atoms with Crippen molar-refractivity contribution in [3.8, 4) is 0 Å². The number of nitrogens with zero attached hydrogens (tertiary/aromatic N) is 1. The Bertz CT molecular complexity index is 582. The van der Waals surface area contributed by atoms with E-state index in [0.29, 0.717) is 11.4 Å². The first-order valence-electron chi connectivity index (χ1n) is 7.20. The SMILES string of the molecule is Cc1ccc(S(=O)(=O)N2C[C@@H](C)[C@@H]3OCCC[C@@H]32)cc1. The normalized spacial score (nSPS) is 31.2. The number of ether oxygens (including phenoxy) is 1. The second-order valence-corrected chi connectivity index (χ2v) is 7.80. The lowest BCUT2D eigenvalue weighted by Crippen LogP contribution is -2.43. The summed E-state index contributed by atoms with van der Waals surface area (Å²) in [5.74, 6) is 0.264. The topological polar surface area (TPSA) is 46.6 Å². The lowest BCUT2D eigenvalue weighted by Gasteiger charge is -2.31. The maximum absolute atomic E-state index is 12.8. The molecule has 1 aromatic carbocycles. The second kappa shape index (κ2) is 5.13. The summed E-state index contributed by atoms with van der Waals surface area (Å²) in [6, 6.07) is 7.10. The quantitative estimate of drug-likeness (QED) is 0.840. The van der Waals surface area contributed by atoms with Crippen molar-refractivity contribution in [2.75, 3.05) is 13.2 Å². The Labute approximate surface area is 120 Å². The van der Waals surface area contributed by atoms with Gasteiger partial charge >= 0.3 is 0 Å². The molecule has 110 valence electrons. The van der Waals surface area contributed by atoms with Crippen molar-refractivity contribution < 1.29 is 13.2 Å². The molecule has 0 N–H and O–H groups in total. The van der Waals surface area contributed by atoms with Gasteiger partial charge in [0.05, 0.1) is 17.0 Å². The molecule has 0 bridgehead atoms. The van der Waals surface area contributed by atoms with Gasteiger partial charge in [0.25, 0.3) is 0 Å². The third-order valence-corrected chi connectivity index (χ3v) is 6.27. The van der Waals surface area contributed by atoms with Crippen LogP contribution in [0, 0.1) is 12.8 Å². The first kappa shape index (κ1) is 14.0. The summed E-state index contributed by atoms with van der Waals surface area (Å²) in [5, 5.41) is 0. The maximum Gasteiger partial charge on any atom is 0.243 e. The van der Waals surface area contributed by atoms with Crippen LogP contribution in [0.15, 0.2) is 29.2 Å². The standard InChI is InChI=1S/C15H21NO3S/c1-11-5-7-13(8-6-11)20(17,18)16-10-12(2)15-14(16)4-3-9-19-15/h5-8,12,14-15H,3-4,9-10H2,1-2H3/t12-,14+,15+/m1/s1. The summed E-state index contributed by atoms with van der Waals surface area (Å²) in [5.41, 5.74) is 1.07. The number of sulfonamides is 1.